The topological polar surface area (TPSA) is 43.1 Å². The standard InChI is InChI=1S/C21H19BrN4/c1-3-14(2)20-18(22)13-26-21(25-20)17(12-24-26)16-9-10-19(23-11-16)15-7-5-4-6-8-15/h4-14H,3H2,1-2H3. The van der Waals surface area contributed by atoms with E-state index >= 15 is 0 Å². The van der Waals surface area contributed by atoms with E-state index in [0.29, 0.717) is 5.92 Å². The van der Waals surface area contributed by atoms with E-state index in [4.69, 9.17) is 4.98 Å². The second-order valence-electron chi connectivity index (χ2n) is 6.41. The van der Waals surface area contributed by atoms with E-state index in [1.165, 1.54) is 0 Å². The first-order valence-corrected chi connectivity index (χ1v) is 9.52. The van der Waals surface area contributed by atoms with Gasteiger partial charge in [-0.3, -0.25) is 4.98 Å². The summed E-state index contributed by atoms with van der Waals surface area (Å²) in [6.07, 6.45) is 6.78. The van der Waals surface area contributed by atoms with Gasteiger partial charge in [-0.2, -0.15) is 5.10 Å². The van der Waals surface area contributed by atoms with Gasteiger partial charge in [0.25, 0.3) is 0 Å². The molecule has 0 aliphatic rings. The highest BCUT2D eigenvalue weighted by atomic mass is 79.9. The summed E-state index contributed by atoms with van der Waals surface area (Å²) >= 11 is 3.62. The zero-order valence-corrected chi connectivity index (χ0v) is 16.3. The van der Waals surface area contributed by atoms with Crippen molar-refractivity contribution in [3.05, 3.63) is 71.2 Å². The Hall–Kier alpha value is -2.53. The molecule has 3 heterocycles. The Labute approximate surface area is 161 Å². The lowest BCUT2D eigenvalue weighted by atomic mass is 10.0. The SMILES string of the molecule is CCC(C)c1nc2c(-c3ccc(-c4ccccc4)nc3)cnn2cc1Br. The molecule has 0 radical (unpaired) electrons. The highest BCUT2D eigenvalue weighted by molar-refractivity contribution is 9.10. The van der Waals surface area contributed by atoms with Crippen LogP contribution in [0.4, 0.5) is 0 Å². The normalized spacial score (nSPS) is 12.4. The lowest BCUT2D eigenvalue weighted by Crippen LogP contribution is -2.01. The van der Waals surface area contributed by atoms with Gasteiger partial charge in [-0.05, 0) is 34.3 Å². The molecule has 0 aliphatic carbocycles. The third-order valence-corrected chi connectivity index (χ3v) is 5.31. The fourth-order valence-corrected chi connectivity index (χ4v) is 3.65. The van der Waals surface area contributed by atoms with Gasteiger partial charge < -0.3 is 0 Å². The van der Waals surface area contributed by atoms with Gasteiger partial charge in [0.05, 0.1) is 22.1 Å². The molecule has 130 valence electrons. The summed E-state index contributed by atoms with van der Waals surface area (Å²) in [4.78, 5) is 9.52. The van der Waals surface area contributed by atoms with Crippen LogP contribution < -0.4 is 0 Å². The molecule has 1 aromatic carbocycles. The van der Waals surface area contributed by atoms with Crippen molar-refractivity contribution in [3.63, 3.8) is 0 Å². The van der Waals surface area contributed by atoms with E-state index < -0.39 is 0 Å². The second-order valence-corrected chi connectivity index (χ2v) is 7.26. The minimum absolute atomic E-state index is 0.385. The maximum Gasteiger partial charge on any atom is 0.163 e. The van der Waals surface area contributed by atoms with E-state index in [9.17, 15) is 0 Å². The Balaban J connectivity index is 1.77. The summed E-state index contributed by atoms with van der Waals surface area (Å²) in [6, 6.07) is 14.3. The van der Waals surface area contributed by atoms with E-state index in [1.54, 1.807) is 0 Å². The van der Waals surface area contributed by atoms with Gasteiger partial charge in [0.2, 0.25) is 0 Å². The molecule has 0 saturated carbocycles. The molecule has 0 spiro atoms. The molecular weight excluding hydrogens is 388 g/mol. The number of benzene rings is 1. The molecule has 4 aromatic rings. The van der Waals surface area contributed by atoms with Crippen LogP contribution in [-0.4, -0.2) is 19.6 Å². The molecule has 26 heavy (non-hydrogen) atoms. The largest absolute Gasteiger partial charge is 0.256 e. The first-order chi connectivity index (χ1) is 12.7. The summed E-state index contributed by atoms with van der Waals surface area (Å²) in [5, 5.41) is 4.46. The third-order valence-electron chi connectivity index (χ3n) is 4.70. The molecule has 0 aliphatic heterocycles. The van der Waals surface area contributed by atoms with Crippen LogP contribution in [0.25, 0.3) is 28.0 Å². The zero-order chi connectivity index (χ0) is 18.1. The smallest absolute Gasteiger partial charge is 0.163 e. The van der Waals surface area contributed by atoms with Crippen molar-refractivity contribution in [2.24, 2.45) is 0 Å². The van der Waals surface area contributed by atoms with Gasteiger partial charge in [0, 0.05) is 29.1 Å². The summed E-state index contributed by atoms with van der Waals surface area (Å²) < 4.78 is 2.81. The molecule has 3 aromatic heterocycles. The fourth-order valence-electron chi connectivity index (χ4n) is 2.98. The van der Waals surface area contributed by atoms with Crippen molar-refractivity contribution in [1.82, 2.24) is 19.6 Å². The van der Waals surface area contributed by atoms with Crippen molar-refractivity contribution >= 4 is 21.6 Å². The Kier molecular flexibility index (Phi) is 4.55. The molecule has 0 N–H and O–H groups in total. The minimum Gasteiger partial charge on any atom is -0.256 e. The van der Waals surface area contributed by atoms with Gasteiger partial charge in [0.15, 0.2) is 5.65 Å². The van der Waals surface area contributed by atoms with Crippen LogP contribution in [-0.2, 0) is 0 Å². The lowest BCUT2D eigenvalue weighted by molar-refractivity contribution is 0.700. The van der Waals surface area contributed by atoms with Gasteiger partial charge >= 0.3 is 0 Å². The molecule has 4 rings (SSSR count). The fraction of sp³-hybridized carbons (Fsp3) is 0.190. The van der Waals surface area contributed by atoms with Crippen molar-refractivity contribution < 1.29 is 0 Å². The second kappa shape index (κ2) is 7.00. The number of hydrogen-bond acceptors (Lipinski definition) is 3. The molecular formula is C21H19BrN4. The van der Waals surface area contributed by atoms with Crippen molar-refractivity contribution in [1.29, 1.82) is 0 Å². The van der Waals surface area contributed by atoms with Crippen LogP contribution in [0, 0.1) is 0 Å². The number of halogens is 1. The molecule has 0 saturated heterocycles. The van der Waals surface area contributed by atoms with Gasteiger partial charge in [0.1, 0.15) is 0 Å². The summed E-state index contributed by atoms with van der Waals surface area (Å²) in [5.74, 6) is 0.385. The summed E-state index contributed by atoms with van der Waals surface area (Å²) in [7, 11) is 0. The highest BCUT2D eigenvalue weighted by Crippen LogP contribution is 2.30. The minimum atomic E-state index is 0.385. The predicted molar refractivity (Wildman–Crippen MR) is 108 cm³/mol. The lowest BCUT2D eigenvalue weighted by Gasteiger charge is -2.11. The van der Waals surface area contributed by atoms with Gasteiger partial charge in [-0.25, -0.2) is 9.50 Å². The maximum absolute atomic E-state index is 4.89. The number of aromatic nitrogens is 4. The molecule has 0 fully saturated rings. The van der Waals surface area contributed by atoms with E-state index in [0.717, 1.165) is 44.6 Å². The maximum atomic E-state index is 4.89. The van der Waals surface area contributed by atoms with E-state index in [-0.39, 0.29) is 0 Å². The first-order valence-electron chi connectivity index (χ1n) is 8.73. The Morgan fingerprint density at radius 2 is 1.85 bits per heavy atom. The van der Waals surface area contributed by atoms with E-state index in [1.807, 2.05) is 47.4 Å². The van der Waals surface area contributed by atoms with Gasteiger partial charge in [-0.1, -0.05) is 50.2 Å². The first kappa shape index (κ1) is 16.9. The van der Waals surface area contributed by atoms with Crippen LogP contribution in [0.15, 0.2) is 65.5 Å². The van der Waals surface area contributed by atoms with Crippen LogP contribution >= 0.6 is 15.9 Å². The number of hydrogen-bond donors (Lipinski definition) is 0. The van der Waals surface area contributed by atoms with E-state index in [2.05, 4.69) is 58.1 Å². The Morgan fingerprint density at radius 3 is 2.54 bits per heavy atom. The summed E-state index contributed by atoms with van der Waals surface area (Å²) in [5.41, 5.74) is 6.01. The molecule has 1 unspecified atom stereocenters. The molecule has 5 heteroatoms. The van der Waals surface area contributed by atoms with Crippen molar-refractivity contribution in [2.45, 2.75) is 26.2 Å². The zero-order valence-electron chi connectivity index (χ0n) is 14.7. The average molecular weight is 407 g/mol. The third kappa shape index (κ3) is 3.03. The van der Waals surface area contributed by atoms with Crippen LogP contribution in [0.5, 0.6) is 0 Å². The molecule has 4 nitrogen and oxygen atoms in total. The monoisotopic (exact) mass is 406 g/mol. The van der Waals surface area contributed by atoms with Gasteiger partial charge in [-0.15, -0.1) is 0 Å². The molecule has 0 bridgehead atoms. The Morgan fingerprint density at radius 1 is 1.04 bits per heavy atom. The Bertz CT molecular complexity index is 1040. The number of pyridine rings is 1. The summed E-state index contributed by atoms with van der Waals surface area (Å²) in [6.45, 7) is 4.36. The molecule has 0 amide bonds. The van der Waals surface area contributed by atoms with Crippen LogP contribution in [0.2, 0.25) is 0 Å². The molecule has 1 atom stereocenters. The van der Waals surface area contributed by atoms with Crippen LogP contribution in [0.1, 0.15) is 31.9 Å². The number of nitrogens with zero attached hydrogens (tertiary/aromatic N) is 4. The predicted octanol–water partition coefficient (Wildman–Crippen LogP) is 5.73. The number of rotatable bonds is 4. The quantitative estimate of drug-likeness (QED) is 0.434. The average Bonchev–Trinajstić information content (AvgIpc) is 3.10. The van der Waals surface area contributed by atoms with Crippen LogP contribution in [0.3, 0.4) is 0 Å². The van der Waals surface area contributed by atoms with Crippen molar-refractivity contribution in [3.8, 4) is 22.4 Å². The van der Waals surface area contributed by atoms with Crippen molar-refractivity contribution in [2.75, 3.05) is 0 Å². The number of fused-ring (bicyclic) bond motifs is 1. The highest BCUT2D eigenvalue weighted by Gasteiger charge is 2.15.